The molecule has 0 aliphatic carbocycles. The maximum atomic E-state index is 13.5. The Hall–Kier alpha value is -2.41. The van der Waals surface area contributed by atoms with Crippen LogP contribution in [-0.2, 0) is 11.0 Å². The van der Waals surface area contributed by atoms with Gasteiger partial charge in [0.05, 0.1) is 10.6 Å². The van der Waals surface area contributed by atoms with Crippen LogP contribution in [0.25, 0.3) is 0 Å². The van der Waals surface area contributed by atoms with Crippen LogP contribution in [0.3, 0.4) is 0 Å². The van der Waals surface area contributed by atoms with Crippen LogP contribution in [0.2, 0.25) is 5.02 Å². The summed E-state index contributed by atoms with van der Waals surface area (Å²) < 4.78 is 34.4. The lowest BCUT2D eigenvalue weighted by atomic mass is 10.1. The van der Waals surface area contributed by atoms with Crippen molar-refractivity contribution in [1.82, 2.24) is 0 Å². The molecule has 0 amide bonds. The molecule has 1 aliphatic heterocycles. The highest BCUT2D eigenvalue weighted by molar-refractivity contribution is 7.86. The zero-order chi connectivity index (χ0) is 24.5. The third kappa shape index (κ3) is 6.34. The molecule has 0 aromatic heterocycles. The van der Waals surface area contributed by atoms with Crippen LogP contribution in [-0.4, -0.2) is 16.1 Å². The summed E-state index contributed by atoms with van der Waals surface area (Å²) in [6, 6.07) is 17.0. The van der Waals surface area contributed by atoms with Crippen molar-refractivity contribution in [1.29, 1.82) is 0 Å². The normalized spacial score (nSPS) is 15.0. The van der Waals surface area contributed by atoms with Crippen LogP contribution in [0.5, 0.6) is 5.75 Å². The molecule has 4 nitrogen and oxygen atoms in total. The first-order valence-electron chi connectivity index (χ1n) is 10.6. The Morgan fingerprint density at radius 2 is 1.61 bits per heavy atom. The zero-order valence-electron chi connectivity index (χ0n) is 18.8. The summed E-state index contributed by atoms with van der Waals surface area (Å²) in [6.07, 6.45) is 0. The van der Waals surface area contributed by atoms with E-state index in [-0.39, 0.29) is 18.2 Å². The Morgan fingerprint density at radius 3 is 2.18 bits per heavy atom. The molecule has 0 saturated heterocycles. The minimum atomic E-state index is -1.66. The monoisotopic (exact) mass is 509 g/mol. The standard InChI is InChI=1S/C21H14Cl2FNO3S.2C2H6/c22-15-4-1-13(2-5-15)19-12-28-20-11-14(21(23)26)3-10-18(20)25(19)29(27)17-8-6-16(24)7-9-17;2*1-2/h1-11,19H,12H2;2*1-2H3. The average Bonchev–Trinajstić information content (AvgIpc) is 2.86. The van der Waals surface area contributed by atoms with E-state index in [0.29, 0.717) is 21.4 Å². The molecule has 8 heteroatoms. The molecule has 0 spiro atoms. The van der Waals surface area contributed by atoms with Gasteiger partial charge in [0.25, 0.3) is 5.24 Å². The van der Waals surface area contributed by atoms with E-state index in [1.165, 1.54) is 30.3 Å². The number of benzene rings is 3. The highest BCUT2D eigenvalue weighted by atomic mass is 35.5. The number of anilines is 1. The lowest BCUT2D eigenvalue weighted by molar-refractivity contribution is 0.108. The van der Waals surface area contributed by atoms with Gasteiger partial charge < -0.3 is 4.74 Å². The van der Waals surface area contributed by atoms with E-state index < -0.39 is 22.0 Å². The van der Waals surface area contributed by atoms with Crippen molar-refractivity contribution in [2.75, 3.05) is 10.9 Å². The smallest absolute Gasteiger partial charge is 0.252 e. The Morgan fingerprint density at radius 1 is 1.00 bits per heavy atom. The number of carbonyl (C=O) groups is 1. The molecule has 1 heterocycles. The molecule has 176 valence electrons. The molecule has 0 N–H and O–H groups in total. The molecule has 1 aliphatic rings. The van der Waals surface area contributed by atoms with Crippen molar-refractivity contribution in [3.05, 3.63) is 88.7 Å². The number of fused-ring (bicyclic) bond motifs is 1. The number of ether oxygens (including phenoxy) is 1. The van der Waals surface area contributed by atoms with E-state index in [0.717, 1.165) is 5.56 Å². The van der Waals surface area contributed by atoms with E-state index >= 15 is 0 Å². The average molecular weight is 510 g/mol. The fourth-order valence-corrected chi connectivity index (χ4v) is 4.71. The third-order valence-corrected chi connectivity index (χ3v) is 6.51. The van der Waals surface area contributed by atoms with Crippen LogP contribution in [0, 0.1) is 5.82 Å². The molecule has 0 fully saturated rings. The van der Waals surface area contributed by atoms with Gasteiger partial charge in [-0.2, -0.15) is 0 Å². The van der Waals surface area contributed by atoms with Gasteiger partial charge in [-0.3, -0.25) is 9.10 Å². The highest BCUT2D eigenvalue weighted by Gasteiger charge is 2.34. The molecule has 2 unspecified atom stereocenters. The van der Waals surface area contributed by atoms with Gasteiger partial charge in [0.15, 0.2) is 11.0 Å². The molecule has 33 heavy (non-hydrogen) atoms. The van der Waals surface area contributed by atoms with Gasteiger partial charge in [0.1, 0.15) is 24.2 Å². The van der Waals surface area contributed by atoms with E-state index in [4.69, 9.17) is 27.9 Å². The Balaban J connectivity index is 0.000000914. The van der Waals surface area contributed by atoms with Crippen molar-refractivity contribution < 1.29 is 18.1 Å². The predicted octanol–water partition coefficient (Wildman–Crippen LogP) is 7.57. The highest BCUT2D eigenvalue weighted by Crippen LogP contribution is 2.42. The molecule has 3 aromatic carbocycles. The summed E-state index contributed by atoms with van der Waals surface area (Å²) in [7, 11) is -1.66. The Kier molecular flexibility index (Phi) is 10.4. The lowest BCUT2D eigenvalue weighted by Crippen LogP contribution is -2.38. The molecule has 0 radical (unpaired) electrons. The molecule has 2 atom stereocenters. The van der Waals surface area contributed by atoms with E-state index in [1.807, 2.05) is 39.8 Å². The largest absolute Gasteiger partial charge is 0.489 e. The fraction of sp³-hybridized carbons (Fsp3) is 0.240. The van der Waals surface area contributed by atoms with Crippen LogP contribution >= 0.6 is 23.2 Å². The third-order valence-electron chi connectivity index (χ3n) is 4.55. The number of hydrogen-bond acceptors (Lipinski definition) is 3. The Bertz CT molecular complexity index is 1090. The number of carbonyl (C=O) groups excluding carboxylic acids is 1. The van der Waals surface area contributed by atoms with Crippen molar-refractivity contribution in [2.45, 2.75) is 38.6 Å². The fourth-order valence-electron chi connectivity index (χ4n) is 3.12. The molecule has 0 bridgehead atoms. The first kappa shape index (κ1) is 26.8. The molecular weight excluding hydrogens is 484 g/mol. The van der Waals surface area contributed by atoms with Crippen LogP contribution in [0.15, 0.2) is 71.6 Å². The first-order chi connectivity index (χ1) is 15.9. The first-order valence-corrected chi connectivity index (χ1v) is 12.5. The molecule has 4 rings (SSSR count). The van der Waals surface area contributed by atoms with Gasteiger partial charge in [-0.1, -0.05) is 51.4 Å². The maximum absolute atomic E-state index is 13.5. The second-order valence-corrected chi connectivity index (χ2v) is 8.51. The van der Waals surface area contributed by atoms with Gasteiger partial charge in [0, 0.05) is 10.6 Å². The van der Waals surface area contributed by atoms with Gasteiger partial charge in [-0.15, -0.1) is 0 Å². The van der Waals surface area contributed by atoms with Gasteiger partial charge in [-0.25, -0.2) is 8.60 Å². The molecule has 3 aromatic rings. The zero-order valence-corrected chi connectivity index (χ0v) is 21.2. The van der Waals surface area contributed by atoms with Crippen molar-refractivity contribution >= 4 is 45.1 Å². The summed E-state index contributed by atoms with van der Waals surface area (Å²) in [4.78, 5) is 11.9. The SMILES string of the molecule is CC.CC.O=C(Cl)c1ccc2c(c1)OCC(c1ccc(Cl)cc1)N2S(=O)c1ccc(F)cc1. The minimum Gasteiger partial charge on any atom is -0.489 e. The second kappa shape index (κ2) is 12.7. The lowest BCUT2D eigenvalue weighted by Gasteiger charge is -2.37. The van der Waals surface area contributed by atoms with Crippen LogP contribution in [0.1, 0.15) is 49.7 Å². The van der Waals surface area contributed by atoms with E-state index in [1.54, 1.807) is 28.6 Å². The quantitative estimate of drug-likeness (QED) is 0.340. The predicted molar refractivity (Wildman–Crippen MR) is 134 cm³/mol. The second-order valence-electron chi connectivity index (χ2n) is 6.36. The Labute approximate surface area is 206 Å². The summed E-state index contributed by atoms with van der Waals surface area (Å²) in [5, 5.41) is -0.0233. The number of nitrogens with zero attached hydrogens (tertiary/aromatic N) is 1. The van der Waals surface area contributed by atoms with Crippen molar-refractivity contribution in [2.24, 2.45) is 0 Å². The summed E-state index contributed by atoms with van der Waals surface area (Å²) in [5.74, 6) is -0.00943. The number of halogens is 3. The summed E-state index contributed by atoms with van der Waals surface area (Å²) >= 11 is 11.6. The van der Waals surface area contributed by atoms with Crippen molar-refractivity contribution in [3.8, 4) is 5.75 Å². The number of rotatable bonds is 4. The molecule has 0 saturated carbocycles. The summed E-state index contributed by atoms with van der Waals surface area (Å²) in [6.45, 7) is 8.20. The van der Waals surface area contributed by atoms with Crippen molar-refractivity contribution in [3.63, 3.8) is 0 Å². The molecular formula is C25H26Cl2FNO3S. The van der Waals surface area contributed by atoms with Gasteiger partial charge >= 0.3 is 0 Å². The van der Waals surface area contributed by atoms with Crippen LogP contribution in [0.4, 0.5) is 10.1 Å². The van der Waals surface area contributed by atoms with Crippen LogP contribution < -0.4 is 9.04 Å². The van der Waals surface area contributed by atoms with E-state index in [2.05, 4.69) is 0 Å². The van der Waals surface area contributed by atoms with Gasteiger partial charge in [-0.05, 0) is 71.8 Å². The minimum absolute atomic E-state index is 0.196. The number of hydrogen-bond donors (Lipinski definition) is 0. The van der Waals surface area contributed by atoms with Gasteiger partial charge in [0.2, 0.25) is 0 Å². The maximum Gasteiger partial charge on any atom is 0.252 e. The van der Waals surface area contributed by atoms with E-state index in [9.17, 15) is 13.4 Å². The topological polar surface area (TPSA) is 46.6 Å². The summed E-state index contributed by atoms with van der Waals surface area (Å²) in [5.41, 5.74) is 1.68.